The monoisotopic (exact) mass is 1430 g/mol. The number of nitrogens with zero attached hydrogens (tertiary/aromatic N) is 12. The van der Waals surface area contributed by atoms with E-state index in [1.54, 1.807) is 14.0 Å². The summed E-state index contributed by atoms with van der Waals surface area (Å²) in [5.74, 6) is 0.655. The molecule has 28 nitrogen and oxygen atoms in total. The van der Waals surface area contributed by atoms with Gasteiger partial charge in [0.25, 0.3) is 22.2 Å². The van der Waals surface area contributed by atoms with E-state index in [1.165, 1.54) is 12.8 Å². The van der Waals surface area contributed by atoms with Crippen LogP contribution >= 0.6 is 0 Å². The molecule has 0 radical (unpaired) electrons. The predicted molar refractivity (Wildman–Crippen MR) is 413 cm³/mol. The van der Waals surface area contributed by atoms with Crippen molar-refractivity contribution >= 4 is 111 Å². The maximum Gasteiger partial charge on any atom is 0.262 e. The Bertz CT molecular complexity index is 5570. The number of benzene rings is 4. The van der Waals surface area contributed by atoms with Crippen molar-refractivity contribution in [1.29, 1.82) is 0 Å². The number of aryl methyl sites for hydroxylation is 8. The van der Waals surface area contributed by atoms with Crippen LogP contribution in [-0.4, -0.2) is 182 Å². The zero-order valence-electron chi connectivity index (χ0n) is 61.2. The Balaban J connectivity index is 0.000000125. The largest absolute Gasteiger partial charge is 0.370 e. The van der Waals surface area contributed by atoms with Crippen LogP contribution < -0.4 is 49.7 Å². The average Bonchev–Trinajstić information content (AvgIpc) is 1.67. The highest BCUT2D eigenvalue weighted by atomic mass is 16.2. The topological polar surface area (TPSA) is 364 Å². The van der Waals surface area contributed by atoms with Gasteiger partial charge in [-0.05, 0) is 156 Å². The van der Waals surface area contributed by atoms with Gasteiger partial charge in [-0.2, -0.15) is 20.4 Å². The number of para-hydroxylation sites is 4. The summed E-state index contributed by atoms with van der Waals surface area (Å²) in [6.45, 7) is 14.0. The molecule has 550 valence electrons. The molecule has 0 atom stereocenters. The second-order valence-corrected chi connectivity index (χ2v) is 28.8. The van der Waals surface area contributed by atoms with Crippen LogP contribution in [-0.2, 0) is 40.6 Å². The van der Waals surface area contributed by atoms with Crippen molar-refractivity contribution in [2.75, 3.05) is 67.5 Å². The molecule has 105 heavy (non-hydrogen) atoms. The SMILES string of the molecule is Cc1[nH]nc2c1c(=O)n(CCCN=C(N)N(C)C)c1ccccc21.Cc1[nH]nc2c1c(=O)n(CCCNC(=O)C1(N(C)C)CC1)c1ccccc21.Cc1[nH]nc2c1c(=O)n(CCCNC(=O)C1(N)CC1)c1ccccc21.Cc1[nH]nc2c1c(=O)n(CCCNC(=O)C1(N3CCCC3)CC1)c1ccccc21. The summed E-state index contributed by atoms with van der Waals surface area (Å²) < 4.78 is 7.19. The number of carbonyl (C=O) groups excluding carboxylic acids is 3. The van der Waals surface area contributed by atoms with Crippen LogP contribution in [0, 0.1) is 27.7 Å². The molecule has 0 unspecified atom stereocenters. The van der Waals surface area contributed by atoms with Crippen molar-refractivity contribution in [1.82, 2.24) is 89.7 Å². The van der Waals surface area contributed by atoms with Crippen molar-refractivity contribution in [2.24, 2.45) is 16.5 Å². The fourth-order valence-corrected chi connectivity index (χ4v) is 14.7. The molecule has 12 aromatic rings. The van der Waals surface area contributed by atoms with Crippen LogP contribution in [0.3, 0.4) is 0 Å². The number of aromatic nitrogens is 12. The van der Waals surface area contributed by atoms with Gasteiger partial charge in [0.1, 0.15) is 27.6 Å². The first-order valence-corrected chi connectivity index (χ1v) is 36.5. The number of fused-ring (bicyclic) bond motifs is 12. The third-order valence-corrected chi connectivity index (χ3v) is 21.3. The molecule has 3 amide bonds. The second-order valence-electron chi connectivity index (χ2n) is 28.8. The molecule has 4 aliphatic rings. The lowest BCUT2D eigenvalue weighted by molar-refractivity contribution is -0.128. The lowest BCUT2D eigenvalue weighted by Gasteiger charge is -2.26. The summed E-state index contributed by atoms with van der Waals surface area (Å²) in [7, 11) is 7.60. The standard InChI is InChI=1S/C22H27N5O2.C20H25N5O2.C18H21N5O2.C17H22N6O/c1-15-18-19(25-24-15)16-7-2-3-8-17(16)27(20(18)28)14-6-11-23-21(29)22(9-10-22)26-12-4-5-13-26;1-13-16-17(23-22-13)14-7-4-5-8-15(14)25(18(16)26)12-6-11-21-19(27)20(9-10-20)24(2)3;1-11-14-15(22-21-11)12-5-2-3-6-13(12)23(16(14)24)10-4-9-20-17(25)18(19)7-8-18;1-11-14-15(21-20-11)12-7-4-5-8-13(12)23(16(14)24)10-6-9-19-17(18)22(2)3/h2-3,7-8H,4-6,9-14H2,1H3,(H,23,29)(H,24,25);4-5,7-8H,6,9-12H2,1-3H3,(H,21,27)(H,22,23);2-3,5-6H,4,7-10,19H2,1H3,(H,20,25)(H,21,22);4-5,7-8H,6,9-10H2,1-3H3,(H2,18,19)(H,20,21). The third-order valence-electron chi connectivity index (χ3n) is 21.3. The fraction of sp³-hybridized carbons (Fsp3) is 0.429. The number of aromatic amines is 4. The Morgan fingerprint density at radius 1 is 0.467 bits per heavy atom. The van der Waals surface area contributed by atoms with Crippen LogP contribution in [0.2, 0.25) is 0 Å². The zero-order valence-corrected chi connectivity index (χ0v) is 61.2. The van der Waals surface area contributed by atoms with E-state index in [9.17, 15) is 33.6 Å². The first-order chi connectivity index (χ1) is 50.6. The van der Waals surface area contributed by atoms with Gasteiger partial charge in [0, 0.05) is 111 Å². The van der Waals surface area contributed by atoms with Crippen molar-refractivity contribution in [3.63, 3.8) is 0 Å². The van der Waals surface area contributed by atoms with E-state index in [0.29, 0.717) is 105 Å². The molecule has 4 aromatic carbocycles. The lowest BCUT2D eigenvalue weighted by atomic mass is 10.1. The number of likely N-dealkylation sites (tertiary alicyclic amines) is 1. The van der Waals surface area contributed by atoms with Gasteiger partial charge >= 0.3 is 0 Å². The Morgan fingerprint density at radius 3 is 1.10 bits per heavy atom. The number of amides is 3. The molecule has 1 aliphatic heterocycles. The number of aliphatic imine (C=N–C) groups is 1. The van der Waals surface area contributed by atoms with Crippen LogP contribution in [0.4, 0.5) is 0 Å². The molecular formula is C77H95N21O7. The summed E-state index contributed by atoms with van der Waals surface area (Å²) in [4.78, 5) is 99.4. The van der Waals surface area contributed by atoms with Crippen LogP contribution in [0.25, 0.3) is 87.2 Å². The maximum absolute atomic E-state index is 13.1. The van der Waals surface area contributed by atoms with Gasteiger partial charge in [0.2, 0.25) is 17.7 Å². The molecule has 3 aliphatic carbocycles. The van der Waals surface area contributed by atoms with Gasteiger partial charge in [-0.1, -0.05) is 72.8 Å². The van der Waals surface area contributed by atoms with E-state index in [0.717, 1.165) is 141 Å². The van der Waals surface area contributed by atoms with E-state index >= 15 is 0 Å². The molecule has 0 bridgehead atoms. The molecule has 16 rings (SSSR count). The summed E-state index contributed by atoms with van der Waals surface area (Å²) in [5, 5.41) is 44.4. The number of rotatable bonds is 21. The number of hydrogen-bond acceptors (Lipinski definition) is 15. The van der Waals surface area contributed by atoms with Crippen LogP contribution in [0.5, 0.6) is 0 Å². The van der Waals surface area contributed by atoms with Gasteiger partial charge in [0.05, 0.1) is 54.7 Å². The fourth-order valence-electron chi connectivity index (χ4n) is 14.7. The number of hydrogen-bond donors (Lipinski definition) is 9. The Morgan fingerprint density at radius 2 is 0.790 bits per heavy atom. The third kappa shape index (κ3) is 14.2. The molecular weight excluding hydrogens is 1330 g/mol. The first-order valence-electron chi connectivity index (χ1n) is 36.5. The van der Waals surface area contributed by atoms with Gasteiger partial charge in [-0.15, -0.1) is 0 Å². The van der Waals surface area contributed by atoms with Crippen LogP contribution in [0.1, 0.15) is 99.8 Å². The molecule has 3 saturated carbocycles. The van der Waals surface area contributed by atoms with Gasteiger partial charge in [0.15, 0.2) is 5.96 Å². The minimum Gasteiger partial charge on any atom is -0.370 e. The van der Waals surface area contributed by atoms with Crippen molar-refractivity contribution in [2.45, 2.75) is 148 Å². The minimum atomic E-state index is -0.656. The van der Waals surface area contributed by atoms with Crippen molar-refractivity contribution in [3.8, 4) is 0 Å². The first kappa shape index (κ1) is 72.5. The smallest absolute Gasteiger partial charge is 0.262 e. The molecule has 4 fully saturated rings. The molecule has 11 N–H and O–H groups in total. The molecule has 9 heterocycles. The molecule has 8 aromatic heterocycles. The second kappa shape index (κ2) is 30.1. The summed E-state index contributed by atoms with van der Waals surface area (Å²) >= 11 is 0. The predicted octanol–water partition coefficient (Wildman–Crippen LogP) is 6.74. The van der Waals surface area contributed by atoms with E-state index in [-0.39, 0.29) is 51.0 Å². The lowest BCUT2D eigenvalue weighted by Crippen LogP contribution is -2.48. The quantitative estimate of drug-likeness (QED) is 0.0204. The molecule has 0 spiro atoms. The normalized spacial score (nSPS) is 15.6. The number of H-pyrrole nitrogens is 4. The number of carbonyl (C=O) groups is 3. The highest BCUT2D eigenvalue weighted by Crippen LogP contribution is 2.44. The maximum atomic E-state index is 13.1. The average molecular weight is 1430 g/mol. The number of guanidine groups is 1. The van der Waals surface area contributed by atoms with Crippen molar-refractivity contribution in [3.05, 3.63) is 161 Å². The number of likely N-dealkylation sites (N-methyl/N-ethyl adjacent to an activating group) is 1. The summed E-state index contributed by atoms with van der Waals surface area (Å²) in [6.07, 6.45) is 10.5. The number of nitrogens with two attached hydrogens (primary N) is 2. The summed E-state index contributed by atoms with van der Waals surface area (Å²) in [5.41, 5.74) is 19.9. The zero-order chi connectivity index (χ0) is 74.1. The van der Waals surface area contributed by atoms with Crippen molar-refractivity contribution < 1.29 is 14.4 Å². The van der Waals surface area contributed by atoms with E-state index in [4.69, 9.17) is 11.5 Å². The highest BCUT2D eigenvalue weighted by Gasteiger charge is 2.55. The highest BCUT2D eigenvalue weighted by molar-refractivity contribution is 6.07. The Hall–Kier alpha value is -10.8. The van der Waals surface area contributed by atoms with Gasteiger partial charge in [-0.3, -0.25) is 68.7 Å². The minimum absolute atomic E-state index is 0.0143. The molecule has 1 saturated heterocycles. The Kier molecular flexibility index (Phi) is 20.8. The molecule has 28 heteroatoms. The Labute approximate surface area is 604 Å². The van der Waals surface area contributed by atoms with Gasteiger partial charge in [-0.25, -0.2) is 0 Å². The number of nitrogens with one attached hydrogen (secondary N) is 7. The summed E-state index contributed by atoms with van der Waals surface area (Å²) in [6, 6.07) is 31.3. The number of pyridine rings is 4. The van der Waals surface area contributed by atoms with E-state index < -0.39 is 5.54 Å². The van der Waals surface area contributed by atoms with E-state index in [2.05, 4.69) is 66.6 Å². The van der Waals surface area contributed by atoms with Crippen LogP contribution in [0.15, 0.2) is 121 Å². The van der Waals surface area contributed by atoms with E-state index in [1.807, 2.05) is 167 Å². The van der Waals surface area contributed by atoms with Gasteiger partial charge < -0.3 is 50.6 Å².